The Morgan fingerprint density at radius 3 is 2.52 bits per heavy atom. The minimum atomic E-state index is -0.520. The van der Waals surface area contributed by atoms with Crippen molar-refractivity contribution < 1.29 is 14.3 Å². The SMILES string of the molecule is CC(C)(C)OC(=O)NCCCNC(=O)CCn1ccccc1=O. The number of hydrogen-bond acceptors (Lipinski definition) is 4. The van der Waals surface area contributed by atoms with Gasteiger partial charge in [-0.3, -0.25) is 9.59 Å². The number of pyridine rings is 1. The number of nitrogens with one attached hydrogen (secondary N) is 2. The Kier molecular flexibility index (Phi) is 7.31. The van der Waals surface area contributed by atoms with Crippen LogP contribution < -0.4 is 16.2 Å². The van der Waals surface area contributed by atoms with Crippen molar-refractivity contribution in [3.63, 3.8) is 0 Å². The Hall–Kier alpha value is -2.31. The summed E-state index contributed by atoms with van der Waals surface area (Å²) in [5, 5.41) is 5.37. The lowest BCUT2D eigenvalue weighted by Gasteiger charge is -2.19. The van der Waals surface area contributed by atoms with Gasteiger partial charge in [0, 0.05) is 38.3 Å². The molecule has 0 aliphatic carbocycles. The molecular formula is C16H25N3O4. The van der Waals surface area contributed by atoms with E-state index in [4.69, 9.17) is 4.74 Å². The lowest BCUT2D eigenvalue weighted by atomic mass is 10.2. The standard InChI is InChI=1S/C16H25N3O4/c1-16(2,3)23-15(22)18-10-6-9-17-13(20)8-12-19-11-5-4-7-14(19)21/h4-5,7,11H,6,8-10,12H2,1-3H3,(H,17,20)(H,18,22). The summed E-state index contributed by atoms with van der Waals surface area (Å²) in [6.07, 6.45) is 2.03. The third kappa shape index (κ3) is 8.65. The first-order chi connectivity index (χ1) is 10.8. The van der Waals surface area contributed by atoms with Crippen molar-refractivity contribution in [3.8, 4) is 0 Å². The molecule has 0 bridgehead atoms. The molecule has 0 saturated carbocycles. The number of hydrogen-bond donors (Lipinski definition) is 2. The average molecular weight is 323 g/mol. The molecule has 0 unspecified atom stereocenters. The van der Waals surface area contributed by atoms with Crippen LogP contribution in [0.15, 0.2) is 29.2 Å². The predicted octanol–water partition coefficient (Wildman–Crippen LogP) is 1.27. The monoisotopic (exact) mass is 323 g/mol. The third-order valence-electron chi connectivity index (χ3n) is 2.82. The molecule has 1 heterocycles. The first-order valence-electron chi connectivity index (χ1n) is 7.67. The highest BCUT2D eigenvalue weighted by Gasteiger charge is 2.15. The first-order valence-corrected chi connectivity index (χ1v) is 7.67. The van der Waals surface area contributed by atoms with Crippen molar-refractivity contribution in [3.05, 3.63) is 34.7 Å². The van der Waals surface area contributed by atoms with Crippen LogP contribution in [0, 0.1) is 0 Å². The minimum absolute atomic E-state index is 0.123. The number of alkyl carbamates (subject to hydrolysis) is 1. The smallest absolute Gasteiger partial charge is 0.407 e. The maximum atomic E-state index is 11.7. The van der Waals surface area contributed by atoms with Crippen LogP contribution in [0.25, 0.3) is 0 Å². The molecule has 23 heavy (non-hydrogen) atoms. The number of aryl methyl sites for hydroxylation is 1. The van der Waals surface area contributed by atoms with Crippen molar-refractivity contribution in [1.29, 1.82) is 0 Å². The highest BCUT2D eigenvalue weighted by Crippen LogP contribution is 2.06. The van der Waals surface area contributed by atoms with Gasteiger partial charge in [-0.05, 0) is 33.3 Å². The van der Waals surface area contributed by atoms with Crippen LogP contribution in [0.1, 0.15) is 33.6 Å². The van der Waals surface area contributed by atoms with E-state index in [-0.39, 0.29) is 17.9 Å². The molecule has 0 fully saturated rings. The van der Waals surface area contributed by atoms with E-state index in [1.807, 2.05) is 0 Å². The summed E-state index contributed by atoms with van der Waals surface area (Å²) in [6, 6.07) is 4.87. The molecule has 1 aromatic rings. The van der Waals surface area contributed by atoms with Crippen molar-refractivity contribution in [2.75, 3.05) is 13.1 Å². The molecule has 2 N–H and O–H groups in total. The van der Waals surface area contributed by atoms with Crippen LogP contribution in [0.3, 0.4) is 0 Å². The van der Waals surface area contributed by atoms with Gasteiger partial charge in [-0.15, -0.1) is 0 Å². The van der Waals surface area contributed by atoms with Crippen molar-refractivity contribution in [2.45, 2.75) is 45.8 Å². The van der Waals surface area contributed by atoms with Gasteiger partial charge in [0.05, 0.1) is 0 Å². The molecular weight excluding hydrogens is 298 g/mol. The van der Waals surface area contributed by atoms with E-state index in [9.17, 15) is 14.4 Å². The Balaban J connectivity index is 2.12. The lowest BCUT2D eigenvalue weighted by molar-refractivity contribution is -0.121. The van der Waals surface area contributed by atoms with E-state index >= 15 is 0 Å². The molecule has 0 aliphatic heterocycles. The van der Waals surface area contributed by atoms with Crippen molar-refractivity contribution >= 4 is 12.0 Å². The fraction of sp³-hybridized carbons (Fsp3) is 0.562. The molecule has 7 nitrogen and oxygen atoms in total. The highest BCUT2D eigenvalue weighted by molar-refractivity contribution is 5.75. The Labute approximate surface area is 136 Å². The van der Waals surface area contributed by atoms with Crippen LogP contribution >= 0.6 is 0 Å². The molecule has 0 spiro atoms. The molecule has 128 valence electrons. The van der Waals surface area contributed by atoms with Crippen LogP contribution in [0.2, 0.25) is 0 Å². The Morgan fingerprint density at radius 1 is 1.17 bits per heavy atom. The summed E-state index contributed by atoms with van der Waals surface area (Å²) in [4.78, 5) is 34.5. The molecule has 1 rings (SSSR count). The first kappa shape index (κ1) is 18.7. The maximum absolute atomic E-state index is 11.7. The van der Waals surface area contributed by atoms with Gasteiger partial charge >= 0.3 is 6.09 Å². The van der Waals surface area contributed by atoms with Crippen LogP contribution in [0.5, 0.6) is 0 Å². The number of amides is 2. The van der Waals surface area contributed by atoms with E-state index in [0.717, 1.165) is 0 Å². The fourth-order valence-electron chi connectivity index (χ4n) is 1.78. The number of carbonyl (C=O) groups excluding carboxylic acids is 2. The summed E-state index contributed by atoms with van der Waals surface area (Å²) >= 11 is 0. The molecule has 0 saturated heterocycles. The topological polar surface area (TPSA) is 89.4 Å². The molecule has 0 atom stereocenters. The molecule has 2 amide bonds. The number of ether oxygens (including phenoxy) is 1. The average Bonchev–Trinajstić information content (AvgIpc) is 2.44. The maximum Gasteiger partial charge on any atom is 0.407 e. The molecule has 1 aromatic heterocycles. The second-order valence-electron chi connectivity index (χ2n) is 6.11. The third-order valence-corrected chi connectivity index (χ3v) is 2.82. The highest BCUT2D eigenvalue weighted by atomic mass is 16.6. The normalized spacial score (nSPS) is 10.9. The van der Waals surface area contributed by atoms with Gasteiger partial charge in [0.15, 0.2) is 0 Å². The number of rotatable bonds is 7. The lowest BCUT2D eigenvalue weighted by Crippen LogP contribution is -2.34. The number of aromatic nitrogens is 1. The second-order valence-corrected chi connectivity index (χ2v) is 6.11. The van der Waals surface area contributed by atoms with Crippen molar-refractivity contribution in [2.24, 2.45) is 0 Å². The van der Waals surface area contributed by atoms with E-state index in [1.54, 1.807) is 39.1 Å². The van der Waals surface area contributed by atoms with Gasteiger partial charge in [0.2, 0.25) is 5.91 Å². The van der Waals surface area contributed by atoms with E-state index in [0.29, 0.717) is 26.1 Å². The van der Waals surface area contributed by atoms with Crippen LogP contribution in [-0.4, -0.2) is 35.3 Å². The van der Waals surface area contributed by atoms with E-state index < -0.39 is 11.7 Å². The number of carbonyl (C=O) groups is 2. The van der Waals surface area contributed by atoms with E-state index in [2.05, 4.69) is 10.6 Å². The molecule has 7 heteroatoms. The Morgan fingerprint density at radius 2 is 1.87 bits per heavy atom. The minimum Gasteiger partial charge on any atom is -0.444 e. The molecule has 0 aromatic carbocycles. The van der Waals surface area contributed by atoms with Gasteiger partial charge in [-0.25, -0.2) is 4.79 Å². The van der Waals surface area contributed by atoms with Gasteiger partial charge in [-0.2, -0.15) is 0 Å². The fourth-order valence-corrected chi connectivity index (χ4v) is 1.78. The summed E-state index contributed by atoms with van der Waals surface area (Å²) < 4.78 is 6.58. The summed E-state index contributed by atoms with van der Waals surface area (Å²) in [5.41, 5.74) is -0.643. The van der Waals surface area contributed by atoms with Crippen LogP contribution in [-0.2, 0) is 16.1 Å². The molecule has 0 aliphatic rings. The van der Waals surface area contributed by atoms with Crippen molar-refractivity contribution in [1.82, 2.24) is 15.2 Å². The summed E-state index contributed by atoms with van der Waals surface area (Å²) in [6.45, 7) is 6.62. The largest absolute Gasteiger partial charge is 0.444 e. The quantitative estimate of drug-likeness (QED) is 0.740. The predicted molar refractivity (Wildman–Crippen MR) is 87.2 cm³/mol. The zero-order valence-electron chi connectivity index (χ0n) is 13.9. The molecule has 0 radical (unpaired) electrons. The summed E-state index contributed by atoms with van der Waals surface area (Å²) in [7, 11) is 0. The zero-order valence-corrected chi connectivity index (χ0v) is 13.9. The van der Waals surface area contributed by atoms with Gasteiger partial charge in [-0.1, -0.05) is 6.07 Å². The van der Waals surface area contributed by atoms with Gasteiger partial charge in [0.25, 0.3) is 5.56 Å². The second kappa shape index (κ2) is 8.97. The zero-order chi connectivity index (χ0) is 17.3. The van der Waals surface area contributed by atoms with E-state index in [1.165, 1.54) is 10.6 Å². The number of nitrogens with zero attached hydrogens (tertiary/aromatic N) is 1. The van der Waals surface area contributed by atoms with Crippen LogP contribution in [0.4, 0.5) is 4.79 Å². The summed E-state index contributed by atoms with van der Waals surface area (Å²) in [5.74, 6) is -0.127. The van der Waals surface area contributed by atoms with Gasteiger partial charge < -0.3 is 19.9 Å². The Bertz CT molecular complexity index is 575. The van der Waals surface area contributed by atoms with Gasteiger partial charge in [0.1, 0.15) is 5.60 Å².